The van der Waals surface area contributed by atoms with Gasteiger partial charge in [-0.15, -0.1) is 0 Å². The van der Waals surface area contributed by atoms with Gasteiger partial charge in [-0.2, -0.15) is 0 Å². The molecule has 0 bridgehead atoms. The van der Waals surface area contributed by atoms with E-state index in [-0.39, 0.29) is 11.9 Å². The largest absolute Gasteiger partial charge is 0.466 e. The van der Waals surface area contributed by atoms with E-state index in [2.05, 4.69) is 37.3 Å². The summed E-state index contributed by atoms with van der Waals surface area (Å²) in [5.74, 6) is -0.0837. The minimum atomic E-state index is -0.0617. The van der Waals surface area contributed by atoms with E-state index in [4.69, 9.17) is 4.74 Å². The second kappa shape index (κ2) is 5.85. The van der Waals surface area contributed by atoms with E-state index >= 15 is 0 Å². The average molecular weight is 244 g/mol. The molecule has 0 amide bonds. The van der Waals surface area contributed by atoms with E-state index in [1.54, 1.807) is 0 Å². The highest BCUT2D eigenvalue weighted by molar-refractivity contribution is 5.78. The zero-order valence-corrected chi connectivity index (χ0v) is 11.1. The van der Waals surface area contributed by atoms with Crippen LogP contribution in [0.1, 0.15) is 37.3 Å². The van der Waals surface area contributed by atoms with Gasteiger partial charge in [0.1, 0.15) is 0 Å². The van der Waals surface area contributed by atoms with Crippen molar-refractivity contribution >= 4 is 12.0 Å². The third-order valence-electron chi connectivity index (χ3n) is 3.41. The van der Waals surface area contributed by atoms with Gasteiger partial charge in [0.05, 0.1) is 12.5 Å². The molecule has 1 saturated carbocycles. The standard InChI is InChI=1S/C16H20O2/c1-3-18-16(17)15-6-4-5-14(15)11-13-9-7-12(2)8-10-13/h7-11,15H,3-6H2,1-2H3/b14-11+/t15-/m1/s1. The second-order valence-electron chi connectivity index (χ2n) is 4.83. The number of hydrogen-bond acceptors (Lipinski definition) is 2. The Kier molecular flexibility index (Phi) is 4.19. The topological polar surface area (TPSA) is 26.3 Å². The quantitative estimate of drug-likeness (QED) is 0.757. The van der Waals surface area contributed by atoms with Crippen molar-refractivity contribution in [2.75, 3.05) is 6.61 Å². The van der Waals surface area contributed by atoms with Crippen LogP contribution < -0.4 is 0 Å². The van der Waals surface area contributed by atoms with Crippen molar-refractivity contribution in [1.82, 2.24) is 0 Å². The lowest BCUT2D eigenvalue weighted by atomic mass is 10.00. The molecule has 2 rings (SSSR count). The van der Waals surface area contributed by atoms with Crippen LogP contribution in [-0.4, -0.2) is 12.6 Å². The SMILES string of the molecule is CCOC(=O)[C@@H]1CCC/C1=C\c1ccc(C)cc1. The molecule has 0 aliphatic heterocycles. The Bertz CT molecular complexity index is 443. The van der Waals surface area contributed by atoms with E-state index in [1.807, 2.05) is 6.92 Å². The van der Waals surface area contributed by atoms with Crippen LogP contribution in [0.5, 0.6) is 0 Å². The van der Waals surface area contributed by atoms with Crippen LogP contribution >= 0.6 is 0 Å². The molecule has 96 valence electrons. The number of ether oxygens (including phenoxy) is 1. The number of carbonyl (C=O) groups excluding carboxylic acids is 1. The molecule has 18 heavy (non-hydrogen) atoms. The normalized spacial score (nSPS) is 21.2. The van der Waals surface area contributed by atoms with Gasteiger partial charge in [-0.25, -0.2) is 0 Å². The van der Waals surface area contributed by atoms with Crippen molar-refractivity contribution < 1.29 is 9.53 Å². The lowest BCUT2D eigenvalue weighted by Gasteiger charge is -2.10. The van der Waals surface area contributed by atoms with Gasteiger partial charge in [-0.05, 0) is 38.7 Å². The monoisotopic (exact) mass is 244 g/mol. The highest BCUT2D eigenvalue weighted by atomic mass is 16.5. The van der Waals surface area contributed by atoms with Crippen LogP contribution in [0.2, 0.25) is 0 Å². The molecule has 0 aromatic heterocycles. The number of carbonyl (C=O) groups is 1. The molecular formula is C16H20O2. The van der Waals surface area contributed by atoms with Gasteiger partial charge in [-0.3, -0.25) is 4.79 Å². The molecule has 0 spiro atoms. The van der Waals surface area contributed by atoms with Gasteiger partial charge < -0.3 is 4.74 Å². The Morgan fingerprint density at radius 1 is 1.39 bits per heavy atom. The van der Waals surface area contributed by atoms with Gasteiger partial charge in [-0.1, -0.05) is 41.5 Å². The van der Waals surface area contributed by atoms with E-state index in [0.717, 1.165) is 19.3 Å². The van der Waals surface area contributed by atoms with Crippen molar-refractivity contribution in [3.05, 3.63) is 41.0 Å². The number of esters is 1. The minimum absolute atomic E-state index is 0.0220. The maximum absolute atomic E-state index is 11.8. The lowest BCUT2D eigenvalue weighted by molar-refractivity contribution is -0.146. The molecule has 0 N–H and O–H groups in total. The van der Waals surface area contributed by atoms with Gasteiger partial charge in [0, 0.05) is 0 Å². The highest BCUT2D eigenvalue weighted by Gasteiger charge is 2.28. The summed E-state index contributed by atoms with van der Waals surface area (Å²) in [6, 6.07) is 8.40. The molecule has 1 aromatic carbocycles. The summed E-state index contributed by atoms with van der Waals surface area (Å²) >= 11 is 0. The molecule has 1 aromatic rings. The Balaban J connectivity index is 2.15. The molecule has 0 heterocycles. The fraction of sp³-hybridized carbons (Fsp3) is 0.438. The number of aryl methyl sites for hydroxylation is 1. The number of rotatable bonds is 3. The lowest BCUT2D eigenvalue weighted by Crippen LogP contribution is -2.16. The predicted octanol–water partition coefficient (Wildman–Crippen LogP) is 3.74. The first-order chi connectivity index (χ1) is 8.70. The first kappa shape index (κ1) is 12.9. The van der Waals surface area contributed by atoms with Gasteiger partial charge in [0.2, 0.25) is 0 Å². The number of hydrogen-bond donors (Lipinski definition) is 0. The van der Waals surface area contributed by atoms with Gasteiger partial charge in [0.25, 0.3) is 0 Å². The zero-order valence-electron chi connectivity index (χ0n) is 11.1. The van der Waals surface area contributed by atoms with E-state index in [9.17, 15) is 4.79 Å². The van der Waals surface area contributed by atoms with Crippen molar-refractivity contribution in [1.29, 1.82) is 0 Å². The van der Waals surface area contributed by atoms with Gasteiger partial charge in [0.15, 0.2) is 0 Å². The van der Waals surface area contributed by atoms with E-state index in [0.29, 0.717) is 6.61 Å². The van der Waals surface area contributed by atoms with Crippen molar-refractivity contribution in [2.45, 2.75) is 33.1 Å². The Labute approximate surface area is 109 Å². The molecule has 0 saturated heterocycles. The third kappa shape index (κ3) is 3.00. The highest BCUT2D eigenvalue weighted by Crippen LogP contribution is 2.33. The fourth-order valence-electron chi connectivity index (χ4n) is 2.43. The summed E-state index contributed by atoms with van der Waals surface area (Å²) in [5.41, 5.74) is 3.65. The summed E-state index contributed by atoms with van der Waals surface area (Å²) in [6.07, 6.45) is 5.17. The summed E-state index contributed by atoms with van der Waals surface area (Å²) in [5, 5.41) is 0. The predicted molar refractivity (Wildman–Crippen MR) is 73.1 cm³/mol. The molecule has 2 nitrogen and oxygen atoms in total. The van der Waals surface area contributed by atoms with Crippen molar-refractivity contribution in [2.24, 2.45) is 5.92 Å². The fourth-order valence-corrected chi connectivity index (χ4v) is 2.43. The van der Waals surface area contributed by atoms with Crippen LogP contribution in [0, 0.1) is 12.8 Å². The van der Waals surface area contributed by atoms with Crippen LogP contribution in [0.15, 0.2) is 29.8 Å². The molecule has 1 atom stereocenters. The smallest absolute Gasteiger partial charge is 0.313 e. The summed E-state index contributed by atoms with van der Waals surface area (Å²) in [6.45, 7) is 4.40. The molecular weight excluding hydrogens is 224 g/mol. The van der Waals surface area contributed by atoms with E-state index in [1.165, 1.54) is 16.7 Å². The maximum Gasteiger partial charge on any atom is 0.313 e. The zero-order chi connectivity index (χ0) is 13.0. The van der Waals surface area contributed by atoms with Crippen molar-refractivity contribution in [3.63, 3.8) is 0 Å². The molecule has 2 heteroatoms. The minimum Gasteiger partial charge on any atom is -0.466 e. The summed E-state index contributed by atoms with van der Waals surface area (Å²) < 4.78 is 5.13. The summed E-state index contributed by atoms with van der Waals surface area (Å²) in [7, 11) is 0. The van der Waals surface area contributed by atoms with Crippen molar-refractivity contribution in [3.8, 4) is 0 Å². The molecule has 1 aliphatic carbocycles. The van der Waals surface area contributed by atoms with Crippen LogP contribution in [0.25, 0.3) is 6.08 Å². The van der Waals surface area contributed by atoms with Crippen LogP contribution in [0.4, 0.5) is 0 Å². The molecule has 1 fully saturated rings. The first-order valence-electron chi connectivity index (χ1n) is 6.64. The molecule has 1 aliphatic rings. The summed E-state index contributed by atoms with van der Waals surface area (Å²) in [4.78, 5) is 11.8. The van der Waals surface area contributed by atoms with E-state index < -0.39 is 0 Å². The average Bonchev–Trinajstić information content (AvgIpc) is 2.81. The number of benzene rings is 1. The van der Waals surface area contributed by atoms with Gasteiger partial charge >= 0.3 is 5.97 Å². The maximum atomic E-state index is 11.8. The third-order valence-corrected chi connectivity index (χ3v) is 3.41. The van der Waals surface area contributed by atoms with Crippen LogP contribution in [-0.2, 0) is 9.53 Å². The van der Waals surface area contributed by atoms with Crippen LogP contribution in [0.3, 0.4) is 0 Å². The first-order valence-corrected chi connectivity index (χ1v) is 6.64. The Morgan fingerprint density at radius 2 is 2.11 bits per heavy atom. The molecule has 0 radical (unpaired) electrons. The second-order valence-corrected chi connectivity index (χ2v) is 4.83. The molecule has 0 unspecified atom stereocenters. The Hall–Kier alpha value is -1.57. The Morgan fingerprint density at radius 3 is 2.78 bits per heavy atom.